The zero-order chi connectivity index (χ0) is 20.9. The van der Waals surface area contributed by atoms with Crippen LogP contribution >= 0.6 is 11.6 Å². The zero-order valence-corrected chi connectivity index (χ0v) is 17.2. The first kappa shape index (κ1) is 21.7. The van der Waals surface area contributed by atoms with Crippen LogP contribution in [0.2, 0.25) is 5.02 Å². The van der Waals surface area contributed by atoms with Gasteiger partial charge >= 0.3 is 11.9 Å². The van der Waals surface area contributed by atoms with E-state index in [1.807, 2.05) is 6.92 Å². The molecule has 0 N–H and O–H groups in total. The highest BCUT2D eigenvalue weighted by atomic mass is 35.5. The van der Waals surface area contributed by atoms with Crippen molar-refractivity contribution in [3.05, 3.63) is 58.6 Å². The summed E-state index contributed by atoms with van der Waals surface area (Å²) in [4.78, 5) is 23.9. The second-order valence-electron chi connectivity index (χ2n) is 5.79. The monoisotopic (exact) mass is 425 g/mol. The van der Waals surface area contributed by atoms with Crippen LogP contribution in [0.25, 0.3) is 0 Å². The largest absolute Gasteiger partial charge is 0.465 e. The Morgan fingerprint density at radius 1 is 1.11 bits per heavy atom. The van der Waals surface area contributed by atoms with Gasteiger partial charge in [-0.05, 0) is 44.2 Å². The third-order valence-corrected chi connectivity index (χ3v) is 5.92. The molecule has 0 aromatic heterocycles. The van der Waals surface area contributed by atoms with Crippen molar-refractivity contribution >= 4 is 39.3 Å². The van der Waals surface area contributed by atoms with Crippen LogP contribution in [0, 0.1) is 6.92 Å². The maximum Gasteiger partial charge on any atom is 0.337 e. The predicted octanol–water partition coefficient (Wildman–Crippen LogP) is 3.19. The first-order valence-electron chi connectivity index (χ1n) is 8.33. The molecule has 2 aromatic carbocycles. The van der Waals surface area contributed by atoms with Gasteiger partial charge in [-0.1, -0.05) is 29.3 Å². The normalized spacial score (nSPS) is 11.0. The van der Waals surface area contributed by atoms with Crippen molar-refractivity contribution in [2.24, 2.45) is 0 Å². The number of esters is 2. The van der Waals surface area contributed by atoms with Crippen molar-refractivity contribution in [2.75, 3.05) is 24.6 Å². The lowest BCUT2D eigenvalue weighted by Crippen LogP contribution is -2.37. The lowest BCUT2D eigenvalue weighted by Gasteiger charge is -2.25. The number of carbonyl (C=O) groups is 2. The molecule has 0 fully saturated rings. The Kier molecular flexibility index (Phi) is 7.04. The minimum absolute atomic E-state index is 0.0260. The van der Waals surface area contributed by atoms with Crippen molar-refractivity contribution < 1.29 is 27.5 Å². The average Bonchev–Trinajstić information content (AvgIpc) is 2.66. The molecule has 0 radical (unpaired) electrons. The maximum absolute atomic E-state index is 13.2. The summed E-state index contributed by atoms with van der Waals surface area (Å²) in [6.45, 7) is 2.92. The van der Waals surface area contributed by atoms with Crippen LogP contribution in [0.15, 0.2) is 47.4 Å². The molecular weight excluding hydrogens is 406 g/mol. The van der Waals surface area contributed by atoms with Gasteiger partial charge in [-0.2, -0.15) is 0 Å². The van der Waals surface area contributed by atoms with Gasteiger partial charge < -0.3 is 9.47 Å². The highest BCUT2D eigenvalue weighted by molar-refractivity contribution is 7.92. The van der Waals surface area contributed by atoms with E-state index in [-0.39, 0.29) is 27.8 Å². The van der Waals surface area contributed by atoms with E-state index in [1.54, 1.807) is 19.1 Å². The molecule has 0 spiro atoms. The highest BCUT2D eigenvalue weighted by Crippen LogP contribution is 2.32. The standard InChI is InChI=1S/C19H20ClNO6S/c1-4-27-18(22)12-21(28(24,25)15-8-5-13(2)6-9-15)17-11-14(19(23)26-3)7-10-16(17)20/h5-11H,4,12H2,1-3H3. The lowest BCUT2D eigenvalue weighted by atomic mass is 10.2. The molecule has 28 heavy (non-hydrogen) atoms. The molecule has 0 bridgehead atoms. The van der Waals surface area contributed by atoms with Crippen molar-refractivity contribution in [3.8, 4) is 0 Å². The SMILES string of the molecule is CCOC(=O)CN(c1cc(C(=O)OC)ccc1Cl)S(=O)(=O)c1ccc(C)cc1. The summed E-state index contributed by atoms with van der Waals surface area (Å²) >= 11 is 6.21. The Morgan fingerprint density at radius 3 is 2.32 bits per heavy atom. The Balaban J connectivity index is 2.61. The van der Waals surface area contributed by atoms with Crippen molar-refractivity contribution in [1.29, 1.82) is 0 Å². The van der Waals surface area contributed by atoms with Crippen molar-refractivity contribution in [1.82, 2.24) is 0 Å². The second-order valence-corrected chi connectivity index (χ2v) is 8.06. The molecule has 0 aliphatic heterocycles. The minimum atomic E-state index is -4.16. The number of rotatable bonds is 7. The van der Waals surface area contributed by atoms with Crippen LogP contribution in [0.1, 0.15) is 22.8 Å². The second kappa shape index (κ2) is 9.07. The number of hydrogen-bond acceptors (Lipinski definition) is 6. The summed E-state index contributed by atoms with van der Waals surface area (Å²) in [5.74, 6) is -1.42. The third-order valence-electron chi connectivity index (χ3n) is 3.82. The number of anilines is 1. The maximum atomic E-state index is 13.2. The van der Waals surface area contributed by atoms with Gasteiger partial charge in [0, 0.05) is 0 Å². The van der Waals surface area contributed by atoms with E-state index in [0.717, 1.165) is 9.87 Å². The van der Waals surface area contributed by atoms with Crippen LogP contribution in [-0.4, -0.2) is 40.6 Å². The van der Waals surface area contributed by atoms with E-state index in [2.05, 4.69) is 4.74 Å². The molecule has 0 aliphatic rings. The molecule has 7 nitrogen and oxygen atoms in total. The number of benzene rings is 2. The van der Waals surface area contributed by atoms with Crippen LogP contribution in [0.4, 0.5) is 5.69 Å². The Bertz CT molecular complexity index is 972. The van der Waals surface area contributed by atoms with E-state index in [1.165, 1.54) is 37.4 Å². The van der Waals surface area contributed by atoms with Gasteiger partial charge in [0.25, 0.3) is 10.0 Å². The Labute approximate surface area is 168 Å². The molecular formula is C19H20ClNO6S. The molecule has 0 saturated carbocycles. The summed E-state index contributed by atoms with van der Waals surface area (Å²) in [6, 6.07) is 10.2. The summed E-state index contributed by atoms with van der Waals surface area (Å²) in [7, 11) is -2.96. The van der Waals surface area contributed by atoms with E-state index < -0.39 is 28.5 Å². The molecule has 0 unspecified atom stereocenters. The van der Waals surface area contributed by atoms with Gasteiger partial charge in [0.2, 0.25) is 0 Å². The number of aryl methyl sites for hydroxylation is 1. The molecule has 150 valence electrons. The number of nitrogens with zero attached hydrogens (tertiary/aromatic N) is 1. The third kappa shape index (κ3) is 4.82. The van der Waals surface area contributed by atoms with E-state index in [0.29, 0.717) is 0 Å². The summed E-state index contributed by atoms with van der Waals surface area (Å²) < 4.78 is 36.9. The summed E-state index contributed by atoms with van der Waals surface area (Å²) in [5.41, 5.74) is 0.940. The van der Waals surface area contributed by atoms with E-state index in [4.69, 9.17) is 16.3 Å². The number of methoxy groups -OCH3 is 1. The van der Waals surface area contributed by atoms with Gasteiger partial charge in [0.1, 0.15) is 6.54 Å². The topological polar surface area (TPSA) is 90.0 Å². The van der Waals surface area contributed by atoms with E-state index >= 15 is 0 Å². The van der Waals surface area contributed by atoms with Crippen molar-refractivity contribution in [3.63, 3.8) is 0 Å². The molecule has 0 saturated heterocycles. The molecule has 0 atom stereocenters. The smallest absolute Gasteiger partial charge is 0.337 e. The highest BCUT2D eigenvalue weighted by Gasteiger charge is 2.30. The van der Waals surface area contributed by atoms with E-state index in [9.17, 15) is 18.0 Å². The molecule has 9 heteroatoms. The Morgan fingerprint density at radius 2 is 1.75 bits per heavy atom. The minimum Gasteiger partial charge on any atom is -0.465 e. The van der Waals surface area contributed by atoms with Gasteiger partial charge in [0.05, 0.1) is 34.9 Å². The van der Waals surface area contributed by atoms with Crippen LogP contribution in [-0.2, 0) is 24.3 Å². The quantitative estimate of drug-likeness (QED) is 0.633. The number of hydrogen-bond donors (Lipinski definition) is 0. The number of ether oxygens (including phenoxy) is 2. The van der Waals surface area contributed by atoms with Gasteiger partial charge in [-0.25, -0.2) is 13.2 Å². The van der Waals surface area contributed by atoms with Crippen molar-refractivity contribution in [2.45, 2.75) is 18.7 Å². The van der Waals surface area contributed by atoms with Gasteiger partial charge in [-0.15, -0.1) is 0 Å². The summed E-state index contributed by atoms with van der Waals surface area (Å²) in [5, 5.41) is 0.0487. The average molecular weight is 426 g/mol. The Hall–Kier alpha value is -2.58. The van der Waals surface area contributed by atoms with Gasteiger partial charge in [-0.3, -0.25) is 9.10 Å². The van der Waals surface area contributed by atoms with Crippen LogP contribution < -0.4 is 4.31 Å². The molecule has 0 aliphatic carbocycles. The van der Waals surface area contributed by atoms with Crippen LogP contribution in [0.5, 0.6) is 0 Å². The fraction of sp³-hybridized carbons (Fsp3) is 0.263. The molecule has 0 heterocycles. The first-order chi connectivity index (χ1) is 13.2. The first-order valence-corrected chi connectivity index (χ1v) is 10.2. The number of carbonyl (C=O) groups excluding carboxylic acids is 2. The molecule has 0 amide bonds. The van der Waals surface area contributed by atoms with Gasteiger partial charge in [0.15, 0.2) is 0 Å². The predicted molar refractivity (Wildman–Crippen MR) is 105 cm³/mol. The van der Waals surface area contributed by atoms with Crippen LogP contribution in [0.3, 0.4) is 0 Å². The molecule has 2 aromatic rings. The number of halogens is 1. The zero-order valence-electron chi connectivity index (χ0n) is 15.6. The fourth-order valence-electron chi connectivity index (χ4n) is 2.41. The lowest BCUT2D eigenvalue weighted by molar-refractivity contribution is -0.141. The summed E-state index contributed by atoms with van der Waals surface area (Å²) in [6.07, 6.45) is 0. The number of sulfonamides is 1. The molecule has 2 rings (SSSR count). The fourth-order valence-corrected chi connectivity index (χ4v) is 4.10.